The topological polar surface area (TPSA) is 69.4 Å². The molecule has 0 bridgehead atoms. The molecular formula is C19H26N4O. The summed E-state index contributed by atoms with van der Waals surface area (Å²) in [5.41, 5.74) is 2.08. The molecule has 2 fully saturated rings. The smallest absolute Gasteiger partial charge is 0.191 e. The highest BCUT2D eigenvalue weighted by atomic mass is 16.5. The fraction of sp³-hybridized carbons (Fsp3) is 0.579. The number of hydrogen-bond acceptors (Lipinski definition) is 3. The highest BCUT2D eigenvalue weighted by molar-refractivity contribution is 5.80. The van der Waals surface area contributed by atoms with Crippen LogP contribution in [0.4, 0.5) is 0 Å². The van der Waals surface area contributed by atoms with Crippen LogP contribution in [0.15, 0.2) is 29.3 Å². The van der Waals surface area contributed by atoms with E-state index in [4.69, 9.17) is 10.00 Å². The monoisotopic (exact) mass is 326 g/mol. The Morgan fingerprint density at radius 3 is 2.92 bits per heavy atom. The van der Waals surface area contributed by atoms with Gasteiger partial charge >= 0.3 is 0 Å². The third-order valence-corrected chi connectivity index (χ3v) is 5.49. The van der Waals surface area contributed by atoms with Gasteiger partial charge in [0, 0.05) is 31.7 Å². The van der Waals surface area contributed by atoms with Crippen molar-refractivity contribution in [3.8, 4) is 6.07 Å². The Morgan fingerprint density at radius 2 is 2.29 bits per heavy atom. The van der Waals surface area contributed by atoms with Gasteiger partial charge < -0.3 is 15.4 Å². The Kier molecular flexibility index (Phi) is 5.06. The number of nitrogens with one attached hydrogen (secondary N) is 2. The van der Waals surface area contributed by atoms with E-state index in [0.29, 0.717) is 29.7 Å². The molecule has 5 nitrogen and oxygen atoms in total. The summed E-state index contributed by atoms with van der Waals surface area (Å²) < 4.78 is 5.90. The average molecular weight is 326 g/mol. The molecule has 2 N–H and O–H groups in total. The zero-order chi connectivity index (χ0) is 17.0. The van der Waals surface area contributed by atoms with Crippen LogP contribution in [0.5, 0.6) is 0 Å². The number of ether oxygens (including phenoxy) is 1. The van der Waals surface area contributed by atoms with Crippen LogP contribution in [-0.2, 0) is 11.3 Å². The fourth-order valence-electron chi connectivity index (χ4n) is 3.94. The second-order valence-corrected chi connectivity index (χ2v) is 6.70. The van der Waals surface area contributed by atoms with Crippen LogP contribution in [0, 0.1) is 16.7 Å². The maximum Gasteiger partial charge on any atom is 0.191 e. The minimum Gasteiger partial charge on any atom is -0.378 e. The molecule has 1 spiro atoms. The first-order valence-corrected chi connectivity index (χ1v) is 8.79. The Bertz CT molecular complexity index is 645. The van der Waals surface area contributed by atoms with Crippen molar-refractivity contribution in [2.45, 2.75) is 51.3 Å². The van der Waals surface area contributed by atoms with Crippen molar-refractivity contribution >= 4 is 5.96 Å². The van der Waals surface area contributed by atoms with E-state index in [-0.39, 0.29) is 0 Å². The average Bonchev–Trinajstić information content (AvgIpc) is 2.55. The molecule has 0 aromatic heterocycles. The molecule has 0 saturated heterocycles. The van der Waals surface area contributed by atoms with E-state index in [1.54, 1.807) is 7.05 Å². The summed E-state index contributed by atoms with van der Waals surface area (Å²) in [5, 5.41) is 15.9. The summed E-state index contributed by atoms with van der Waals surface area (Å²) in [6.07, 6.45) is 5.25. The van der Waals surface area contributed by atoms with Gasteiger partial charge in [0.15, 0.2) is 5.96 Å². The maximum atomic E-state index is 8.99. The minimum atomic E-state index is 0.314. The van der Waals surface area contributed by atoms with Crippen LogP contribution in [0.1, 0.15) is 43.7 Å². The van der Waals surface area contributed by atoms with Gasteiger partial charge in [0.05, 0.1) is 17.7 Å². The molecule has 3 rings (SSSR count). The molecule has 0 aliphatic heterocycles. The summed E-state index contributed by atoms with van der Waals surface area (Å²) in [6.45, 7) is 3.52. The molecule has 0 radical (unpaired) electrons. The zero-order valence-corrected chi connectivity index (χ0v) is 14.5. The van der Waals surface area contributed by atoms with E-state index in [2.05, 4.69) is 28.6 Å². The van der Waals surface area contributed by atoms with Crippen molar-refractivity contribution in [1.82, 2.24) is 10.6 Å². The lowest BCUT2D eigenvalue weighted by Gasteiger charge is -2.61. The predicted octanol–water partition coefficient (Wildman–Crippen LogP) is 2.57. The molecule has 2 unspecified atom stereocenters. The van der Waals surface area contributed by atoms with E-state index in [0.717, 1.165) is 24.6 Å². The van der Waals surface area contributed by atoms with Crippen molar-refractivity contribution in [3.05, 3.63) is 35.4 Å². The summed E-state index contributed by atoms with van der Waals surface area (Å²) in [4.78, 5) is 4.35. The van der Waals surface area contributed by atoms with Gasteiger partial charge in [-0.25, -0.2) is 0 Å². The van der Waals surface area contributed by atoms with Crippen LogP contribution < -0.4 is 10.6 Å². The van der Waals surface area contributed by atoms with Crippen molar-refractivity contribution in [2.75, 3.05) is 13.7 Å². The highest BCUT2D eigenvalue weighted by Crippen LogP contribution is 2.57. The third kappa shape index (κ3) is 3.11. The number of hydrogen-bond donors (Lipinski definition) is 2. The molecule has 5 heteroatoms. The Labute approximate surface area is 144 Å². The van der Waals surface area contributed by atoms with Crippen molar-refractivity contribution < 1.29 is 4.74 Å². The fourth-order valence-corrected chi connectivity index (χ4v) is 3.94. The molecule has 2 saturated carbocycles. The first-order valence-electron chi connectivity index (χ1n) is 8.79. The SMILES string of the molecule is CCOC1CC(NC(=NC)NCc2cccc(C#N)c2)C12CCC2. The highest BCUT2D eigenvalue weighted by Gasteiger charge is 2.59. The maximum absolute atomic E-state index is 8.99. The van der Waals surface area contributed by atoms with Crippen molar-refractivity contribution in [1.29, 1.82) is 5.26 Å². The molecule has 2 aliphatic carbocycles. The van der Waals surface area contributed by atoms with Gasteiger partial charge in [-0.2, -0.15) is 5.26 Å². The molecule has 0 heterocycles. The molecule has 24 heavy (non-hydrogen) atoms. The summed E-state index contributed by atoms with van der Waals surface area (Å²) >= 11 is 0. The van der Waals surface area contributed by atoms with Gasteiger partial charge in [-0.15, -0.1) is 0 Å². The molecule has 2 aliphatic rings. The number of aliphatic imine (C=N–C) groups is 1. The lowest BCUT2D eigenvalue weighted by atomic mass is 9.51. The quantitative estimate of drug-likeness (QED) is 0.644. The van der Waals surface area contributed by atoms with Gasteiger partial charge in [0.1, 0.15) is 0 Å². The van der Waals surface area contributed by atoms with Gasteiger partial charge in [0.25, 0.3) is 0 Å². The number of rotatable bonds is 5. The third-order valence-electron chi connectivity index (χ3n) is 5.49. The molecule has 1 aromatic carbocycles. The van der Waals surface area contributed by atoms with Gasteiger partial charge in [0.2, 0.25) is 0 Å². The number of guanidine groups is 1. The molecule has 1 aromatic rings. The number of benzene rings is 1. The van der Waals surface area contributed by atoms with E-state index in [9.17, 15) is 0 Å². The Balaban J connectivity index is 1.55. The van der Waals surface area contributed by atoms with Crippen LogP contribution in [0.25, 0.3) is 0 Å². The van der Waals surface area contributed by atoms with Crippen LogP contribution in [-0.4, -0.2) is 31.8 Å². The normalized spacial score (nSPS) is 24.6. The lowest BCUT2D eigenvalue weighted by Crippen LogP contribution is -2.68. The van der Waals surface area contributed by atoms with Crippen LogP contribution in [0.2, 0.25) is 0 Å². The second-order valence-electron chi connectivity index (χ2n) is 6.70. The number of nitriles is 1. The zero-order valence-electron chi connectivity index (χ0n) is 14.5. The van der Waals surface area contributed by atoms with Gasteiger partial charge in [-0.3, -0.25) is 4.99 Å². The molecule has 2 atom stereocenters. The van der Waals surface area contributed by atoms with Crippen molar-refractivity contribution in [2.24, 2.45) is 10.4 Å². The Morgan fingerprint density at radius 1 is 1.46 bits per heavy atom. The first kappa shape index (κ1) is 16.8. The summed E-state index contributed by atoms with van der Waals surface area (Å²) in [5.74, 6) is 0.823. The molecule has 128 valence electrons. The van der Waals surface area contributed by atoms with E-state index in [1.807, 2.05) is 24.3 Å². The van der Waals surface area contributed by atoms with Crippen LogP contribution in [0.3, 0.4) is 0 Å². The predicted molar refractivity (Wildman–Crippen MR) is 94.6 cm³/mol. The lowest BCUT2D eigenvalue weighted by molar-refractivity contribution is -0.168. The van der Waals surface area contributed by atoms with Crippen LogP contribution >= 0.6 is 0 Å². The van der Waals surface area contributed by atoms with Gasteiger partial charge in [-0.1, -0.05) is 18.6 Å². The number of nitrogens with zero attached hydrogens (tertiary/aromatic N) is 2. The van der Waals surface area contributed by atoms with Crippen molar-refractivity contribution in [3.63, 3.8) is 0 Å². The van der Waals surface area contributed by atoms with E-state index < -0.39 is 0 Å². The minimum absolute atomic E-state index is 0.314. The largest absolute Gasteiger partial charge is 0.378 e. The summed E-state index contributed by atoms with van der Waals surface area (Å²) in [6, 6.07) is 10.3. The first-order chi connectivity index (χ1) is 11.7. The van der Waals surface area contributed by atoms with Gasteiger partial charge in [-0.05, 0) is 43.9 Å². The second kappa shape index (κ2) is 7.23. The standard InChI is InChI=1S/C19H26N4O/c1-3-24-17-11-16(19(17)8-5-9-19)23-18(21-2)22-13-15-7-4-6-14(10-15)12-20/h4,6-7,10,16-17H,3,5,8-9,11,13H2,1-2H3,(H2,21,22,23). The van der Waals surface area contributed by atoms with E-state index in [1.165, 1.54) is 19.3 Å². The van der Waals surface area contributed by atoms with E-state index >= 15 is 0 Å². The molecule has 0 amide bonds. The Hall–Kier alpha value is -2.06. The molecular weight excluding hydrogens is 300 g/mol. The summed E-state index contributed by atoms with van der Waals surface area (Å²) in [7, 11) is 1.80.